The Bertz CT molecular complexity index is 915. The first-order valence-corrected chi connectivity index (χ1v) is 9.15. The highest BCUT2D eigenvalue weighted by molar-refractivity contribution is 6.34. The van der Waals surface area contributed by atoms with E-state index in [-0.39, 0.29) is 34.9 Å². The molecule has 1 aliphatic rings. The molecule has 0 unspecified atom stereocenters. The van der Waals surface area contributed by atoms with Gasteiger partial charge in [0.1, 0.15) is 0 Å². The number of non-ortho nitro benzene ring substituents is 1. The van der Waals surface area contributed by atoms with Crippen LogP contribution in [0, 0.1) is 10.1 Å². The lowest BCUT2D eigenvalue weighted by atomic mass is 10.1. The van der Waals surface area contributed by atoms with Gasteiger partial charge in [-0.15, -0.1) is 0 Å². The van der Waals surface area contributed by atoms with Crippen molar-refractivity contribution in [2.45, 2.75) is 31.6 Å². The first kappa shape index (κ1) is 21.1. The Labute approximate surface area is 169 Å². The Kier molecular flexibility index (Phi) is 6.09. The zero-order valence-corrected chi connectivity index (χ0v) is 15.8. The maximum absolute atomic E-state index is 12.7. The molecule has 0 spiro atoms. The predicted molar refractivity (Wildman–Crippen MR) is 102 cm³/mol. The normalized spacial score (nSPS) is 14.1. The molecule has 0 atom stereocenters. The summed E-state index contributed by atoms with van der Waals surface area (Å²) in [5.74, 6) is -0.362. The van der Waals surface area contributed by atoms with Gasteiger partial charge in [0.2, 0.25) is 5.91 Å². The van der Waals surface area contributed by atoms with Gasteiger partial charge in [-0.2, -0.15) is 13.2 Å². The standard InChI is InChI=1S/C19H17ClF3N3O3/c20-16-9-15(26(28)29)7-8-17(16)24-18(27)11-25(14-5-6-14)10-12-1-3-13(4-2-12)19(21,22)23/h1-4,7-9,14H,5-6,10-11H2,(H,24,27). The van der Waals surface area contributed by atoms with Crippen molar-refractivity contribution in [3.05, 3.63) is 68.7 Å². The minimum atomic E-state index is -4.39. The number of nitro groups is 1. The molecule has 154 valence electrons. The quantitative estimate of drug-likeness (QED) is 0.505. The number of hydrogen-bond acceptors (Lipinski definition) is 4. The van der Waals surface area contributed by atoms with Gasteiger partial charge in [-0.1, -0.05) is 23.7 Å². The van der Waals surface area contributed by atoms with Gasteiger partial charge in [-0.05, 0) is 36.6 Å². The predicted octanol–water partition coefficient (Wildman–Crippen LogP) is 4.87. The van der Waals surface area contributed by atoms with Crippen molar-refractivity contribution >= 4 is 28.9 Å². The fraction of sp³-hybridized carbons (Fsp3) is 0.316. The lowest BCUT2D eigenvalue weighted by molar-refractivity contribution is -0.384. The molecule has 1 saturated carbocycles. The van der Waals surface area contributed by atoms with Crippen LogP contribution in [0.4, 0.5) is 24.5 Å². The number of halogens is 4. The van der Waals surface area contributed by atoms with Gasteiger partial charge in [-0.25, -0.2) is 0 Å². The van der Waals surface area contributed by atoms with Gasteiger partial charge >= 0.3 is 6.18 Å². The average Bonchev–Trinajstić information content (AvgIpc) is 3.47. The summed E-state index contributed by atoms with van der Waals surface area (Å²) >= 11 is 5.99. The SMILES string of the molecule is O=C(CN(Cc1ccc(C(F)(F)F)cc1)C1CC1)Nc1ccc([N+](=O)[O-])cc1Cl. The molecule has 0 aromatic heterocycles. The molecule has 1 aliphatic carbocycles. The molecular weight excluding hydrogens is 411 g/mol. The molecule has 6 nitrogen and oxygen atoms in total. The van der Waals surface area contributed by atoms with Crippen LogP contribution in [0.5, 0.6) is 0 Å². The summed E-state index contributed by atoms with van der Waals surface area (Å²) in [5.41, 5.74) is 0.0262. The van der Waals surface area contributed by atoms with Crippen LogP contribution in [0.15, 0.2) is 42.5 Å². The summed E-state index contributed by atoms with van der Waals surface area (Å²) in [7, 11) is 0. The second kappa shape index (κ2) is 8.38. The highest BCUT2D eigenvalue weighted by Crippen LogP contribution is 2.31. The van der Waals surface area contributed by atoms with Crippen LogP contribution in [0.3, 0.4) is 0 Å². The lowest BCUT2D eigenvalue weighted by Gasteiger charge is -2.22. The van der Waals surface area contributed by atoms with Gasteiger partial charge < -0.3 is 5.32 Å². The molecular formula is C19H17ClF3N3O3. The monoisotopic (exact) mass is 427 g/mol. The van der Waals surface area contributed by atoms with Crippen molar-refractivity contribution in [1.82, 2.24) is 4.90 Å². The summed E-state index contributed by atoms with van der Waals surface area (Å²) in [4.78, 5) is 24.5. The number of hydrogen-bond donors (Lipinski definition) is 1. The van der Waals surface area contributed by atoms with Gasteiger partial charge in [0.15, 0.2) is 0 Å². The highest BCUT2D eigenvalue weighted by atomic mass is 35.5. The number of benzene rings is 2. The van der Waals surface area contributed by atoms with Crippen molar-refractivity contribution in [1.29, 1.82) is 0 Å². The minimum Gasteiger partial charge on any atom is -0.324 e. The Morgan fingerprint density at radius 1 is 1.21 bits per heavy atom. The van der Waals surface area contributed by atoms with E-state index < -0.39 is 16.7 Å². The van der Waals surface area contributed by atoms with Crippen molar-refractivity contribution in [3.8, 4) is 0 Å². The van der Waals surface area contributed by atoms with Crippen LogP contribution in [-0.2, 0) is 17.5 Å². The molecule has 0 aliphatic heterocycles. The second-order valence-corrected chi connectivity index (χ2v) is 7.21. The number of nitro benzene ring substituents is 1. The Morgan fingerprint density at radius 2 is 1.86 bits per heavy atom. The van der Waals surface area contributed by atoms with Crippen LogP contribution in [-0.4, -0.2) is 28.3 Å². The molecule has 0 bridgehead atoms. The molecule has 29 heavy (non-hydrogen) atoms. The fourth-order valence-corrected chi connectivity index (χ4v) is 3.10. The van der Waals surface area contributed by atoms with E-state index in [4.69, 9.17) is 11.6 Å². The van der Waals surface area contributed by atoms with E-state index in [0.29, 0.717) is 12.1 Å². The molecule has 2 aromatic rings. The molecule has 1 fully saturated rings. The average molecular weight is 428 g/mol. The van der Waals surface area contributed by atoms with Crippen molar-refractivity contribution in [2.24, 2.45) is 0 Å². The second-order valence-electron chi connectivity index (χ2n) is 6.80. The maximum atomic E-state index is 12.7. The maximum Gasteiger partial charge on any atom is 0.416 e. The number of amides is 1. The first-order valence-electron chi connectivity index (χ1n) is 8.77. The van der Waals surface area contributed by atoms with E-state index in [1.165, 1.54) is 24.3 Å². The summed E-state index contributed by atoms with van der Waals surface area (Å²) in [6.07, 6.45) is -2.57. The summed E-state index contributed by atoms with van der Waals surface area (Å²) < 4.78 is 38.1. The van der Waals surface area contributed by atoms with Crippen LogP contribution >= 0.6 is 11.6 Å². The fourth-order valence-electron chi connectivity index (χ4n) is 2.88. The number of nitrogens with zero attached hydrogens (tertiary/aromatic N) is 2. The molecule has 3 rings (SSSR count). The largest absolute Gasteiger partial charge is 0.416 e. The Balaban J connectivity index is 1.63. The van der Waals surface area contributed by atoms with E-state index in [2.05, 4.69) is 5.32 Å². The third-order valence-electron chi connectivity index (χ3n) is 4.51. The number of carbonyl (C=O) groups excluding carboxylic acids is 1. The summed E-state index contributed by atoms with van der Waals surface area (Å²) in [5, 5.41) is 13.4. The summed E-state index contributed by atoms with van der Waals surface area (Å²) in [6.45, 7) is 0.364. The van der Waals surface area contributed by atoms with Crippen molar-refractivity contribution in [2.75, 3.05) is 11.9 Å². The Hall–Kier alpha value is -2.65. The molecule has 1 amide bonds. The number of alkyl halides is 3. The molecule has 0 radical (unpaired) electrons. The number of rotatable bonds is 7. The zero-order valence-electron chi connectivity index (χ0n) is 15.1. The number of carbonyl (C=O) groups is 1. The van der Waals surface area contributed by atoms with E-state index >= 15 is 0 Å². The van der Waals surface area contributed by atoms with E-state index in [1.54, 1.807) is 0 Å². The van der Waals surface area contributed by atoms with Crippen LogP contribution in [0.1, 0.15) is 24.0 Å². The highest BCUT2D eigenvalue weighted by Gasteiger charge is 2.32. The smallest absolute Gasteiger partial charge is 0.324 e. The van der Waals surface area contributed by atoms with Gasteiger partial charge in [0.25, 0.3) is 5.69 Å². The Morgan fingerprint density at radius 3 is 2.38 bits per heavy atom. The number of nitrogens with one attached hydrogen (secondary N) is 1. The van der Waals surface area contributed by atoms with Crippen LogP contribution < -0.4 is 5.32 Å². The topological polar surface area (TPSA) is 75.5 Å². The van der Waals surface area contributed by atoms with E-state index in [9.17, 15) is 28.1 Å². The van der Waals surface area contributed by atoms with Crippen molar-refractivity contribution < 1.29 is 22.9 Å². The molecule has 10 heteroatoms. The molecule has 1 N–H and O–H groups in total. The van der Waals surface area contributed by atoms with Crippen LogP contribution in [0.2, 0.25) is 5.02 Å². The summed E-state index contributed by atoms with van der Waals surface area (Å²) in [6, 6.07) is 8.80. The molecule has 0 heterocycles. The van der Waals surface area contributed by atoms with Gasteiger partial charge in [-0.3, -0.25) is 19.8 Å². The lowest BCUT2D eigenvalue weighted by Crippen LogP contribution is -2.34. The van der Waals surface area contributed by atoms with Gasteiger partial charge in [0.05, 0.1) is 27.7 Å². The molecule has 0 saturated heterocycles. The first-order chi connectivity index (χ1) is 13.6. The van der Waals surface area contributed by atoms with E-state index in [1.807, 2.05) is 4.90 Å². The van der Waals surface area contributed by atoms with Gasteiger partial charge in [0, 0.05) is 24.7 Å². The number of anilines is 1. The van der Waals surface area contributed by atoms with Crippen LogP contribution in [0.25, 0.3) is 0 Å². The van der Waals surface area contributed by atoms with E-state index in [0.717, 1.165) is 31.0 Å². The zero-order chi connectivity index (χ0) is 21.2. The third-order valence-corrected chi connectivity index (χ3v) is 4.83. The molecule has 2 aromatic carbocycles. The third kappa shape index (κ3) is 5.68. The van der Waals surface area contributed by atoms with Crippen molar-refractivity contribution in [3.63, 3.8) is 0 Å². The minimum absolute atomic E-state index is 0.0268.